The van der Waals surface area contributed by atoms with E-state index in [-0.39, 0.29) is 16.5 Å². The van der Waals surface area contributed by atoms with Gasteiger partial charge >= 0.3 is 0 Å². The number of thiazole rings is 1. The van der Waals surface area contributed by atoms with E-state index in [9.17, 15) is 13.7 Å². The van der Waals surface area contributed by atoms with Gasteiger partial charge in [-0.05, 0) is 35.0 Å². The molecule has 0 radical (unpaired) electrons. The van der Waals surface area contributed by atoms with Gasteiger partial charge in [0.1, 0.15) is 22.6 Å². The van der Waals surface area contributed by atoms with E-state index in [0.717, 1.165) is 27.8 Å². The molecule has 182 valence electrons. The largest absolute Gasteiger partial charge is 0.383 e. The predicted octanol–water partition coefficient (Wildman–Crippen LogP) is 4.92. The first-order chi connectivity index (χ1) is 18.0. The zero-order chi connectivity index (χ0) is 25.8. The molecule has 9 heteroatoms. The monoisotopic (exact) mass is 523 g/mol. The van der Waals surface area contributed by atoms with Crippen molar-refractivity contribution < 1.29 is 8.42 Å². The molecule has 0 aliphatic rings. The lowest BCUT2D eigenvalue weighted by Gasteiger charge is -2.07. The minimum Gasteiger partial charge on any atom is -0.383 e. The second-order valence-electron chi connectivity index (χ2n) is 8.09. The van der Waals surface area contributed by atoms with Crippen LogP contribution in [-0.2, 0) is 9.84 Å². The van der Waals surface area contributed by atoms with Crippen molar-refractivity contribution >= 4 is 43.6 Å². The third kappa shape index (κ3) is 5.07. The number of benzene rings is 4. The van der Waals surface area contributed by atoms with Crippen LogP contribution in [0.25, 0.3) is 16.5 Å². The number of anilines is 1. The van der Waals surface area contributed by atoms with Gasteiger partial charge in [0.05, 0.1) is 4.90 Å². The van der Waals surface area contributed by atoms with E-state index in [2.05, 4.69) is 11.1 Å². The Labute approximate surface area is 218 Å². The average Bonchev–Trinajstić information content (AvgIpc) is 3.26. The smallest absolute Gasteiger partial charge is 0.199 e. The Morgan fingerprint density at radius 3 is 2.24 bits per heavy atom. The van der Waals surface area contributed by atoms with Crippen molar-refractivity contribution in [2.45, 2.75) is 4.90 Å². The number of fused-ring (bicyclic) bond motifs is 1. The van der Waals surface area contributed by atoms with Crippen LogP contribution in [0.3, 0.4) is 0 Å². The summed E-state index contributed by atoms with van der Waals surface area (Å²) in [6, 6.07) is 33.1. The van der Waals surface area contributed by atoms with E-state index in [0.29, 0.717) is 15.2 Å². The van der Waals surface area contributed by atoms with Crippen molar-refractivity contribution in [2.75, 3.05) is 11.6 Å². The van der Waals surface area contributed by atoms with E-state index < -0.39 is 15.7 Å². The lowest BCUT2D eigenvalue weighted by atomic mass is 10.1. The number of aromatic nitrogens is 1. The number of amidine groups is 1. The van der Waals surface area contributed by atoms with Crippen molar-refractivity contribution in [1.82, 2.24) is 4.57 Å². The zero-order valence-electron chi connectivity index (χ0n) is 19.5. The first-order valence-corrected chi connectivity index (χ1v) is 13.8. The number of aliphatic imine (C=N–C) groups is 1. The maximum Gasteiger partial charge on any atom is 0.199 e. The van der Waals surface area contributed by atoms with Crippen molar-refractivity contribution in [3.05, 3.63) is 118 Å². The molecule has 37 heavy (non-hydrogen) atoms. The highest BCUT2D eigenvalue weighted by atomic mass is 32.2. The number of nitrogen functional groups attached to an aromatic ring is 1. The Bertz CT molecular complexity index is 1830. The first kappa shape index (κ1) is 24.2. The predicted molar refractivity (Wildman–Crippen MR) is 147 cm³/mol. The molecule has 0 saturated carbocycles. The molecule has 0 aliphatic heterocycles. The molecule has 5 aromatic rings. The fourth-order valence-corrected chi connectivity index (χ4v) is 5.70. The van der Waals surface area contributed by atoms with Crippen molar-refractivity contribution in [3.8, 4) is 11.8 Å². The molecule has 0 bridgehead atoms. The van der Waals surface area contributed by atoms with Gasteiger partial charge in [0.2, 0.25) is 0 Å². The van der Waals surface area contributed by atoms with Gasteiger partial charge in [-0.1, -0.05) is 90.2 Å². The first-order valence-electron chi connectivity index (χ1n) is 11.3. The molecule has 0 atom stereocenters. The van der Waals surface area contributed by atoms with Crippen LogP contribution in [0.2, 0.25) is 0 Å². The molecule has 1 aromatic heterocycles. The molecule has 0 saturated heterocycles. The SMILES string of the molecule is N#Cc1sc(=N/C(=N\CS(=O)(=O)c2ccc3ccccc3c2)c2ccccc2)n(-c2ccccc2)c1N. The van der Waals surface area contributed by atoms with Crippen LogP contribution in [0.1, 0.15) is 10.4 Å². The van der Waals surface area contributed by atoms with Crippen LogP contribution in [0.15, 0.2) is 118 Å². The molecule has 7 nitrogen and oxygen atoms in total. The lowest BCUT2D eigenvalue weighted by molar-refractivity contribution is 0.596. The number of nitrogens with two attached hydrogens (primary N) is 1. The number of para-hydroxylation sites is 1. The molecule has 4 aromatic carbocycles. The Balaban J connectivity index is 1.62. The quantitative estimate of drug-likeness (QED) is 0.260. The number of hydrogen-bond acceptors (Lipinski definition) is 6. The highest BCUT2D eigenvalue weighted by Crippen LogP contribution is 2.21. The molecule has 5 rings (SSSR count). The second kappa shape index (κ2) is 10.2. The molecule has 1 heterocycles. The highest BCUT2D eigenvalue weighted by Gasteiger charge is 2.17. The number of nitriles is 1. The Morgan fingerprint density at radius 1 is 0.892 bits per heavy atom. The molecular weight excluding hydrogens is 502 g/mol. The number of sulfone groups is 1. The summed E-state index contributed by atoms with van der Waals surface area (Å²) in [6.07, 6.45) is 0. The molecule has 0 aliphatic carbocycles. The average molecular weight is 524 g/mol. The van der Waals surface area contributed by atoms with E-state index in [1.54, 1.807) is 34.9 Å². The Kier molecular flexibility index (Phi) is 6.68. The van der Waals surface area contributed by atoms with E-state index >= 15 is 0 Å². The van der Waals surface area contributed by atoms with E-state index in [4.69, 9.17) is 10.7 Å². The molecule has 0 unspecified atom stereocenters. The summed E-state index contributed by atoms with van der Waals surface area (Å²) in [5, 5.41) is 11.4. The molecule has 0 spiro atoms. The van der Waals surface area contributed by atoms with E-state index in [1.165, 1.54) is 0 Å². The number of rotatable bonds is 5. The summed E-state index contributed by atoms with van der Waals surface area (Å²) in [7, 11) is -3.74. The van der Waals surface area contributed by atoms with Crippen LogP contribution < -0.4 is 10.5 Å². The summed E-state index contributed by atoms with van der Waals surface area (Å²) < 4.78 is 28.2. The fourth-order valence-electron chi connectivity index (χ4n) is 3.82. The normalized spacial score (nSPS) is 12.5. The maximum absolute atomic E-state index is 13.2. The maximum atomic E-state index is 13.2. The lowest BCUT2D eigenvalue weighted by Crippen LogP contribution is -2.18. The second-order valence-corrected chi connectivity index (χ2v) is 11.0. The third-order valence-electron chi connectivity index (χ3n) is 5.67. The van der Waals surface area contributed by atoms with Crippen LogP contribution >= 0.6 is 11.3 Å². The van der Waals surface area contributed by atoms with Crippen LogP contribution in [0.5, 0.6) is 0 Å². The minimum absolute atomic E-state index is 0.189. The molecule has 0 amide bonds. The van der Waals surface area contributed by atoms with Gasteiger partial charge in [0, 0.05) is 11.3 Å². The van der Waals surface area contributed by atoms with Gasteiger partial charge in [-0.2, -0.15) is 5.26 Å². The van der Waals surface area contributed by atoms with Gasteiger partial charge in [-0.15, -0.1) is 0 Å². The summed E-state index contributed by atoms with van der Waals surface area (Å²) in [5.41, 5.74) is 7.65. The summed E-state index contributed by atoms with van der Waals surface area (Å²) in [5.74, 6) is -0.00913. The summed E-state index contributed by atoms with van der Waals surface area (Å²) in [6.45, 7) is 0. The summed E-state index contributed by atoms with van der Waals surface area (Å²) in [4.78, 5) is 10.1. The van der Waals surface area contributed by atoms with E-state index in [1.807, 2.05) is 72.8 Å². The van der Waals surface area contributed by atoms with Gasteiger partial charge in [-0.3, -0.25) is 4.57 Å². The standard InChI is InChI=1S/C28H21N5O2S2/c29-18-25-26(30)33(23-13-5-2-6-14-23)28(36-25)32-27(21-10-3-1-4-11-21)31-19-37(34,35)24-16-15-20-9-7-8-12-22(20)17-24/h1-17H,19,30H2/b31-27-,32-28?. The fraction of sp³-hybridized carbons (Fsp3) is 0.0357. The van der Waals surface area contributed by atoms with Gasteiger partial charge in [0.15, 0.2) is 20.5 Å². The molecule has 2 N–H and O–H groups in total. The molecular formula is C28H21N5O2S2. The van der Waals surface area contributed by atoms with Gasteiger partial charge in [-0.25, -0.2) is 18.4 Å². The Morgan fingerprint density at radius 2 is 1.54 bits per heavy atom. The van der Waals surface area contributed by atoms with Crippen LogP contribution in [0.4, 0.5) is 5.82 Å². The minimum atomic E-state index is -3.74. The van der Waals surface area contributed by atoms with Crippen molar-refractivity contribution in [2.24, 2.45) is 9.98 Å². The molecule has 0 fully saturated rings. The van der Waals surface area contributed by atoms with Gasteiger partial charge < -0.3 is 5.73 Å². The van der Waals surface area contributed by atoms with Crippen LogP contribution in [-0.4, -0.2) is 24.7 Å². The number of hydrogen-bond donors (Lipinski definition) is 1. The van der Waals surface area contributed by atoms with Crippen LogP contribution in [0, 0.1) is 11.3 Å². The summed E-state index contributed by atoms with van der Waals surface area (Å²) >= 11 is 1.11. The van der Waals surface area contributed by atoms with Crippen molar-refractivity contribution in [1.29, 1.82) is 5.26 Å². The van der Waals surface area contributed by atoms with Gasteiger partial charge in [0.25, 0.3) is 0 Å². The number of nitrogens with zero attached hydrogens (tertiary/aromatic N) is 4. The third-order valence-corrected chi connectivity index (χ3v) is 8.07. The zero-order valence-corrected chi connectivity index (χ0v) is 21.2. The topological polar surface area (TPSA) is 114 Å². The Hall–Kier alpha value is -4.52. The van der Waals surface area contributed by atoms with Crippen molar-refractivity contribution in [3.63, 3.8) is 0 Å². The highest BCUT2D eigenvalue weighted by molar-refractivity contribution is 7.91.